The van der Waals surface area contributed by atoms with E-state index in [9.17, 15) is 9.18 Å². The van der Waals surface area contributed by atoms with Gasteiger partial charge in [0.2, 0.25) is 0 Å². The Kier molecular flexibility index (Phi) is 5.09. The van der Waals surface area contributed by atoms with Crippen LogP contribution >= 0.6 is 11.6 Å². The van der Waals surface area contributed by atoms with Gasteiger partial charge in [-0.25, -0.2) is 4.39 Å². The molecule has 2 aromatic carbocycles. The lowest BCUT2D eigenvalue weighted by Gasteiger charge is -2.07. The topological polar surface area (TPSA) is 59.8 Å². The van der Waals surface area contributed by atoms with Crippen molar-refractivity contribution in [1.29, 1.82) is 0 Å². The zero-order chi connectivity index (χ0) is 17.8. The third-order valence-corrected chi connectivity index (χ3v) is 4.12. The molecule has 5 nitrogen and oxygen atoms in total. The van der Waals surface area contributed by atoms with Gasteiger partial charge in [0.15, 0.2) is 11.6 Å². The molecule has 1 amide bonds. The lowest BCUT2D eigenvalue weighted by Crippen LogP contribution is -2.27. The van der Waals surface area contributed by atoms with E-state index in [2.05, 4.69) is 15.5 Å². The van der Waals surface area contributed by atoms with Crippen molar-refractivity contribution >= 4 is 17.5 Å². The summed E-state index contributed by atoms with van der Waals surface area (Å²) in [5.41, 5.74) is 0.893. The van der Waals surface area contributed by atoms with Crippen LogP contribution in [0, 0.1) is 5.82 Å². The molecule has 0 spiro atoms. The number of carbonyl (C=O) groups is 1. The Morgan fingerprint density at radius 3 is 2.68 bits per heavy atom. The lowest BCUT2D eigenvalue weighted by molar-refractivity contribution is 0.0950. The molecule has 0 saturated heterocycles. The summed E-state index contributed by atoms with van der Waals surface area (Å²) in [7, 11) is 1.87. The molecule has 0 aliphatic heterocycles. The molecule has 1 aromatic heterocycles. The van der Waals surface area contributed by atoms with Crippen LogP contribution in [0.4, 0.5) is 4.39 Å². The SMILES string of the molecule is Cn1c(CCNC(=O)c2cccc(Cl)c2F)nnc1-c1ccccc1. The van der Waals surface area contributed by atoms with Gasteiger partial charge in [-0.05, 0) is 12.1 Å². The van der Waals surface area contributed by atoms with Crippen LogP contribution in [0.15, 0.2) is 48.5 Å². The van der Waals surface area contributed by atoms with Crippen LogP contribution in [0.5, 0.6) is 0 Å². The van der Waals surface area contributed by atoms with Gasteiger partial charge in [0, 0.05) is 25.6 Å². The quantitative estimate of drug-likeness (QED) is 0.761. The van der Waals surface area contributed by atoms with Crippen LogP contribution < -0.4 is 5.32 Å². The third-order valence-electron chi connectivity index (χ3n) is 3.83. The van der Waals surface area contributed by atoms with Crippen LogP contribution in [0.1, 0.15) is 16.2 Å². The van der Waals surface area contributed by atoms with Crippen LogP contribution in [0.2, 0.25) is 5.02 Å². The van der Waals surface area contributed by atoms with Crippen molar-refractivity contribution in [2.24, 2.45) is 7.05 Å². The number of hydrogen-bond donors (Lipinski definition) is 1. The van der Waals surface area contributed by atoms with Crippen molar-refractivity contribution in [2.75, 3.05) is 6.54 Å². The minimum atomic E-state index is -0.716. The van der Waals surface area contributed by atoms with Gasteiger partial charge in [0.25, 0.3) is 5.91 Å². The highest BCUT2D eigenvalue weighted by molar-refractivity contribution is 6.31. The van der Waals surface area contributed by atoms with E-state index >= 15 is 0 Å². The summed E-state index contributed by atoms with van der Waals surface area (Å²) in [6, 6.07) is 14.0. The molecule has 0 aliphatic carbocycles. The molecule has 0 aliphatic rings. The normalized spacial score (nSPS) is 10.7. The van der Waals surface area contributed by atoms with E-state index in [-0.39, 0.29) is 10.6 Å². The lowest BCUT2D eigenvalue weighted by atomic mass is 10.2. The van der Waals surface area contributed by atoms with Gasteiger partial charge < -0.3 is 9.88 Å². The first-order valence-corrected chi connectivity index (χ1v) is 8.11. The average Bonchev–Trinajstić information content (AvgIpc) is 2.99. The molecule has 25 heavy (non-hydrogen) atoms. The van der Waals surface area contributed by atoms with E-state index in [4.69, 9.17) is 11.6 Å². The number of aromatic nitrogens is 3. The van der Waals surface area contributed by atoms with Crippen LogP contribution in [-0.2, 0) is 13.5 Å². The predicted octanol–water partition coefficient (Wildman–Crippen LogP) is 3.25. The van der Waals surface area contributed by atoms with Gasteiger partial charge in [0.1, 0.15) is 5.82 Å². The van der Waals surface area contributed by atoms with Gasteiger partial charge in [-0.3, -0.25) is 4.79 Å². The van der Waals surface area contributed by atoms with E-state index < -0.39 is 11.7 Å². The van der Waals surface area contributed by atoms with Crippen LogP contribution in [0.3, 0.4) is 0 Å². The minimum absolute atomic E-state index is 0.0737. The summed E-state index contributed by atoms with van der Waals surface area (Å²) in [6.45, 7) is 0.311. The molecule has 0 atom stereocenters. The summed E-state index contributed by atoms with van der Waals surface area (Å²) in [4.78, 5) is 12.1. The Bertz CT molecular complexity index is 895. The second kappa shape index (κ2) is 7.44. The second-order valence-electron chi connectivity index (χ2n) is 5.47. The van der Waals surface area contributed by atoms with Crippen molar-refractivity contribution in [2.45, 2.75) is 6.42 Å². The van der Waals surface area contributed by atoms with E-state index in [1.165, 1.54) is 18.2 Å². The number of nitrogens with one attached hydrogen (secondary N) is 1. The number of benzene rings is 2. The molecule has 0 bridgehead atoms. The van der Waals surface area contributed by atoms with Gasteiger partial charge >= 0.3 is 0 Å². The zero-order valence-corrected chi connectivity index (χ0v) is 14.3. The number of hydrogen-bond acceptors (Lipinski definition) is 3. The molecular formula is C18H16ClFN4O. The number of nitrogens with zero attached hydrogens (tertiary/aromatic N) is 3. The Balaban J connectivity index is 1.64. The number of rotatable bonds is 5. The molecule has 0 saturated carbocycles. The fourth-order valence-corrected chi connectivity index (χ4v) is 2.65. The Hall–Kier alpha value is -2.73. The van der Waals surface area contributed by atoms with Gasteiger partial charge in [-0.2, -0.15) is 0 Å². The van der Waals surface area contributed by atoms with Crippen molar-refractivity contribution in [3.05, 3.63) is 70.8 Å². The molecule has 3 rings (SSSR count). The molecule has 3 aromatic rings. The molecule has 7 heteroatoms. The number of amides is 1. The number of carbonyl (C=O) groups excluding carboxylic acids is 1. The predicted molar refractivity (Wildman–Crippen MR) is 93.9 cm³/mol. The molecule has 0 unspecified atom stereocenters. The van der Waals surface area contributed by atoms with Crippen molar-refractivity contribution in [3.63, 3.8) is 0 Å². The average molecular weight is 359 g/mol. The summed E-state index contributed by atoms with van der Waals surface area (Å²) >= 11 is 5.69. The smallest absolute Gasteiger partial charge is 0.254 e. The Morgan fingerprint density at radius 1 is 1.16 bits per heavy atom. The summed E-state index contributed by atoms with van der Waals surface area (Å²) < 4.78 is 15.7. The standard InChI is InChI=1S/C18H16ClFN4O/c1-24-15(22-23-17(24)12-6-3-2-4-7-12)10-11-21-18(25)13-8-5-9-14(19)16(13)20/h2-9H,10-11H2,1H3,(H,21,25). The van der Waals surface area contributed by atoms with Crippen LogP contribution in [-0.4, -0.2) is 27.2 Å². The van der Waals surface area contributed by atoms with Crippen LogP contribution in [0.25, 0.3) is 11.4 Å². The molecule has 1 heterocycles. The van der Waals surface area contributed by atoms with Gasteiger partial charge in [0.05, 0.1) is 10.6 Å². The maximum absolute atomic E-state index is 13.8. The first-order chi connectivity index (χ1) is 12.1. The molecular weight excluding hydrogens is 343 g/mol. The van der Waals surface area contributed by atoms with E-state index in [1.807, 2.05) is 41.9 Å². The summed E-state index contributed by atoms with van der Waals surface area (Å²) in [5, 5.41) is 10.9. The highest BCUT2D eigenvalue weighted by atomic mass is 35.5. The summed E-state index contributed by atoms with van der Waals surface area (Å²) in [6.07, 6.45) is 0.476. The zero-order valence-electron chi connectivity index (χ0n) is 13.5. The van der Waals surface area contributed by atoms with E-state index in [1.54, 1.807) is 0 Å². The molecule has 0 fully saturated rings. The number of halogens is 2. The first kappa shape index (κ1) is 17.1. The van der Waals surface area contributed by atoms with Crippen molar-refractivity contribution in [1.82, 2.24) is 20.1 Å². The highest BCUT2D eigenvalue weighted by Crippen LogP contribution is 2.18. The van der Waals surface area contributed by atoms with Gasteiger partial charge in [-0.15, -0.1) is 10.2 Å². The largest absolute Gasteiger partial charge is 0.351 e. The molecule has 1 N–H and O–H groups in total. The monoisotopic (exact) mass is 358 g/mol. The van der Waals surface area contributed by atoms with E-state index in [0.717, 1.165) is 17.2 Å². The second-order valence-corrected chi connectivity index (χ2v) is 5.88. The van der Waals surface area contributed by atoms with E-state index in [0.29, 0.717) is 13.0 Å². The molecule has 0 radical (unpaired) electrons. The van der Waals surface area contributed by atoms with Gasteiger partial charge in [-0.1, -0.05) is 48.0 Å². The minimum Gasteiger partial charge on any atom is -0.351 e. The molecule has 128 valence electrons. The van der Waals surface area contributed by atoms with Crippen molar-refractivity contribution in [3.8, 4) is 11.4 Å². The maximum Gasteiger partial charge on any atom is 0.254 e. The highest BCUT2D eigenvalue weighted by Gasteiger charge is 2.15. The Labute approximate surface area is 149 Å². The Morgan fingerprint density at radius 2 is 1.92 bits per heavy atom. The first-order valence-electron chi connectivity index (χ1n) is 7.74. The van der Waals surface area contributed by atoms with Crippen molar-refractivity contribution < 1.29 is 9.18 Å². The summed E-state index contributed by atoms with van der Waals surface area (Å²) in [5.74, 6) is 0.255. The fourth-order valence-electron chi connectivity index (χ4n) is 2.48. The maximum atomic E-state index is 13.8. The third kappa shape index (κ3) is 3.69. The fraction of sp³-hybridized carbons (Fsp3) is 0.167.